The minimum atomic E-state index is -0.385. The summed E-state index contributed by atoms with van der Waals surface area (Å²) in [5, 5.41) is 0. The predicted molar refractivity (Wildman–Crippen MR) is 38.9 cm³/mol. The maximum Gasteiger partial charge on any atom is 0.0869 e. The Morgan fingerprint density at radius 3 is 1.62 bits per heavy atom. The van der Waals surface area contributed by atoms with Gasteiger partial charge in [0.05, 0.1) is 8.80 Å². The van der Waals surface area contributed by atoms with Crippen LogP contribution in [0.2, 0.25) is 12.1 Å². The van der Waals surface area contributed by atoms with Crippen LogP contribution in [0.4, 0.5) is 0 Å². The number of hydrogen-bond donors (Lipinski definition) is 2. The van der Waals surface area contributed by atoms with E-state index in [-0.39, 0.29) is 14.6 Å². The molecule has 8 heavy (non-hydrogen) atoms. The molecule has 3 heteroatoms. The molecule has 0 amide bonds. The van der Waals surface area contributed by atoms with E-state index in [0.29, 0.717) is 0 Å². The van der Waals surface area contributed by atoms with Crippen molar-refractivity contribution in [3.05, 3.63) is 0 Å². The molecule has 0 unspecified atom stereocenters. The molecule has 0 saturated heterocycles. The lowest BCUT2D eigenvalue weighted by molar-refractivity contribution is 0.919. The topological polar surface area (TPSA) is 52.0 Å². The molecule has 49 valence electrons. The van der Waals surface area contributed by atoms with Crippen molar-refractivity contribution in [1.82, 2.24) is 0 Å². The first-order valence-corrected chi connectivity index (χ1v) is 5.07. The van der Waals surface area contributed by atoms with Crippen LogP contribution in [0, 0.1) is 0 Å². The van der Waals surface area contributed by atoms with E-state index >= 15 is 0 Å². The highest BCUT2D eigenvalue weighted by Crippen LogP contribution is 1.96. The fraction of sp³-hybridized carbons (Fsp3) is 1.00. The highest BCUT2D eigenvalue weighted by molar-refractivity contribution is 6.60. The second-order valence-electron chi connectivity index (χ2n) is 1.89. The minimum Gasteiger partial charge on any atom is -0.319 e. The third kappa shape index (κ3) is 2.45. The molecule has 0 aliphatic rings. The molecule has 0 aliphatic heterocycles. The molecule has 0 aliphatic carbocycles. The van der Waals surface area contributed by atoms with Crippen molar-refractivity contribution in [3.63, 3.8) is 0 Å². The fourth-order valence-electron chi connectivity index (χ4n) is 0.721. The van der Waals surface area contributed by atoms with Crippen LogP contribution < -0.4 is 11.5 Å². The van der Waals surface area contributed by atoms with Gasteiger partial charge in [0, 0.05) is 5.79 Å². The molecule has 2 nitrogen and oxygen atoms in total. The maximum absolute atomic E-state index is 5.48. The largest absolute Gasteiger partial charge is 0.319 e. The Morgan fingerprint density at radius 2 is 1.62 bits per heavy atom. The van der Waals surface area contributed by atoms with E-state index in [2.05, 4.69) is 13.8 Å². The zero-order chi connectivity index (χ0) is 6.57. The Balaban J connectivity index is 3.35. The molecule has 0 rings (SSSR count). The van der Waals surface area contributed by atoms with E-state index in [1.165, 1.54) is 12.1 Å². The molecular weight excluding hydrogens is 116 g/mol. The first-order chi connectivity index (χ1) is 3.72. The molecular formula is C5H15N2Si. The molecule has 0 saturated carbocycles. The van der Waals surface area contributed by atoms with Gasteiger partial charge in [0.25, 0.3) is 0 Å². The monoisotopic (exact) mass is 131 g/mol. The standard InChI is InChI=1S/C5H15N2Si/c1-3-8(4-2)5(6)7/h5H,3-4,6-7H2,1-2H3. The minimum absolute atomic E-state index is 0.0185. The molecule has 0 spiro atoms. The van der Waals surface area contributed by atoms with E-state index in [1.54, 1.807) is 0 Å². The van der Waals surface area contributed by atoms with Gasteiger partial charge in [-0.15, -0.1) is 0 Å². The summed E-state index contributed by atoms with van der Waals surface area (Å²) in [6.45, 7) is 4.31. The highest BCUT2D eigenvalue weighted by Gasteiger charge is 2.09. The van der Waals surface area contributed by atoms with Crippen LogP contribution in [0.5, 0.6) is 0 Å². The molecule has 0 heterocycles. The molecule has 1 radical (unpaired) electrons. The van der Waals surface area contributed by atoms with Crippen LogP contribution in [-0.2, 0) is 0 Å². The van der Waals surface area contributed by atoms with Crippen molar-refractivity contribution >= 4 is 8.80 Å². The number of rotatable bonds is 3. The van der Waals surface area contributed by atoms with E-state index in [4.69, 9.17) is 11.5 Å². The van der Waals surface area contributed by atoms with Crippen molar-refractivity contribution in [3.8, 4) is 0 Å². The Morgan fingerprint density at radius 1 is 1.25 bits per heavy atom. The lowest BCUT2D eigenvalue weighted by Crippen LogP contribution is -2.45. The zero-order valence-corrected chi connectivity index (χ0v) is 6.65. The smallest absolute Gasteiger partial charge is 0.0869 e. The summed E-state index contributed by atoms with van der Waals surface area (Å²) in [6.07, 6.45) is 0. The van der Waals surface area contributed by atoms with Gasteiger partial charge in [-0.2, -0.15) is 0 Å². The molecule has 0 aromatic rings. The molecule has 0 atom stereocenters. The Kier molecular flexibility index (Phi) is 4.13. The Labute approximate surface area is 52.9 Å². The van der Waals surface area contributed by atoms with Crippen molar-refractivity contribution in [2.45, 2.75) is 31.7 Å². The van der Waals surface area contributed by atoms with Gasteiger partial charge in [-0.25, -0.2) is 0 Å². The SMILES string of the molecule is CC[Si](CC)C(N)N. The molecule has 0 aromatic heterocycles. The Bertz CT molecular complexity index is 52.4. The summed E-state index contributed by atoms with van der Waals surface area (Å²) in [7, 11) is -0.385. The van der Waals surface area contributed by atoms with E-state index < -0.39 is 0 Å². The number of hydrogen-bond acceptors (Lipinski definition) is 2. The van der Waals surface area contributed by atoms with Gasteiger partial charge in [-0.05, 0) is 0 Å². The average molecular weight is 131 g/mol. The van der Waals surface area contributed by atoms with Gasteiger partial charge in [0.15, 0.2) is 0 Å². The molecule has 0 fully saturated rings. The predicted octanol–water partition coefficient (Wildman–Crippen LogP) is 0.304. The summed E-state index contributed by atoms with van der Waals surface area (Å²) in [5.74, 6) is -0.0185. The summed E-state index contributed by atoms with van der Waals surface area (Å²) in [5.41, 5.74) is 11.0. The van der Waals surface area contributed by atoms with Gasteiger partial charge in [-0.3, -0.25) is 0 Å². The van der Waals surface area contributed by atoms with Crippen LogP contribution in [0.1, 0.15) is 13.8 Å². The third-order valence-electron chi connectivity index (χ3n) is 1.38. The highest BCUT2D eigenvalue weighted by atomic mass is 28.3. The van der Waals surface area contributed by atoms with Gasteiger partial charge in [0.1, 0.15) is 0 Å². The summed E-state index contributed by atoms with van der Waals surface area (Å²) in [6, 6.07) is 2.39. The lowest BCUT2D eigenvalue weighted by atomic mass is 10.9. The number of nitrogens with two attached hydrogens (primary N) is 2. The molecule has 0 aromatic carbocycles. The maximum atomic E-state index is 5.48. The van der Waals surface area contributed by atoms with E-state index in [0.717, 1.165) is 0 Å². The van der Waals surface area contributed by atoms with Crippen molar-refractivity contribution in [1.29, 1.82) is 0 Å². The van der Waals surface area contributed by atoms with Crippen LogP contribution >= 0.6 is 0 Å². The quantitative estimate of drug-likeness (QED) is 0.427. The summed E-state index contributed by atoms with van der Waals surface area (Å²) >= 11 is 0. The third-order valence-corrected chi connectivity index (χ3v) is 4.14. The first-order valence-electron chi connectivity index (χ1n) is 3.08. The van der Waals surface area contributed by atoms with E-state index in [9.17, 15) is 0 Å². The first kappa shape index (κ1) is 8.14. The zero-order valence-electron chi connectivity index (χ0n) is 5.65. The van der Waals surface area contributed by atoms with Crippen molar-refractivity contribution in [2.24, 2.45) is 11.5 Å². The Hall–Kier alpha value is 0.137. The summed E-state index contributed by atoms with van der Waals surface area (Å²) in [4.78, 5) is 0. The van der Waals surface area contributed by atoms with Gasteiger partial charge in [0.2, 0.25) is 0 Å². The van der Waals surface area contributed by atoms with Crippen LogP contribution in [-0.4, -0.2) is 14.6 Å². The van der Waals surface area contributed by atoms with Gasteiger partial charge < -0.3 is 11.5 Å². The van der Waals surface area contributed by atoms with E-state index in [1.807, 2.05) is 0 Å². The van der Waals surface area contributed by atoms with Crippen LogP contribution in [0.3, 0.4) is 0 Å². The second-order valence-corrected chi connectivity index (χ2v) is 5.29. The lowest BCUT2D eigenvalue weighted by Gasteiger charge is -2.12. The molecule has 0 bridgehead atoms. The summed E-state index contributed by atoms with van der Waals surface area (Å²) < 4.78 is 0. The van der Waals surface area contributed by atoms with Crippen molar-refractivity contribution < 1.29 is 0 Å². The van der Waals surface area contributed by atoms with Crippen LogP contribution in [0.15, 0.2) is 0 Å². The fourth-order valence-corrected chi connectivity index (χ4v) is 2.16. The van der Waals surface area contributed by atoms with Crippen LogP contribution in [0.25, 0.3) is 0 Å². The second kappa shape index (κ2) is 4.06. The van der Waals surface area contributed by atoms with Gasteiger partial charge in [-0.1, -0.05) is 25.9 Å². The molecule has 4 N–H and O–H groups in total. The normalized spacial score (nSPS) is 11.2. The van der Waals surface area contributed by atoms with Crippen molar-refractivity contribution in [2.75, 3.05) is 0 Å². The average Bonchev–Trinajstić information content (AvgIpc) is 1.69. The van der Waals surface area contributed by atoms with Gasteiger partial charge >= 0.3 is 0 Å².